The Bertz CT molecular complexity index is 838. The summed E-state index contributed by atoms with van der Waals surface area (Å²) in [4.78, 5) is 4.66. The lowest BCUT2D eigenvalue weighted by molar-refractivity contribution is 0.114. The first-order valence-electron chi connectivity index (χ1n) is 9.21. The molecule has 0 saturated heterocycles. The van der Waals surface area contributed by atoms with E-state index in [-0.39, 0.29) is 6.23 Å². The molecule has 136 valence electrons. The van der Waals surface area contributed by atoms with Crippen molar-refractivity contribution in [2.24, 2.45) is 11.8 Å². The van der Waals surface area contributed by atoms with Crippen LogP contribution in [0.25, 0.3) is 11.3 Å². The van der Waals surface area contributed by atoms with E-state index in [9.17, 15) is 0 Å². The molecule has 2 heterocycles. The monoisotopic (exact) mass is 368 g/mol. The van der Waals surface area contributed by atoms with Crippen molar-refractivity contribution in [1.29, 1.82) is 0 Å². The average molecular weight is 369 g/mol. The number of nitrogens with zero attached hydrogens (tertiary/aromatic N) is 3. The molecule has 1 aliphatic carbocycles. The van der Waals surface area contributed by atoms with E-state index in [1.165, 1.54) is 5.57 Å². The van der Waals surface area contributed by atoms with Crippen LogP contribution < -0.4 is 10.1 Å². The van der Waals surface area contributed by atoms with Crippen LogP contribution in [0.4, 0.5) is 5.69 Å². The maximum absolute atomic E-state index is 6.40. The maximum Gasteiger partial charge on any atom is 0.247 e. The number of allylic oxidation sites excluding steroid dienone is 2. The van der Waals surface area contributed by atoms with Gasteiger partial charge in [0.05, 0.1) is 0 Å². The van der Waals surface area contributed by atoms with Crippen molar-refractivity contribution in [3.63, 3.8) is 0 Å². The third-order valence-corrected chi connectivity index (χ3v) is 5.85. The van der Waals surface area contributed by atoms with Crippen LogP contribution in [0.5, 0.6) is 5.88 Å². The number of thioether (sulfide) groups is 1. The molecule has 3 atom stereocenters. The van der Waals surface area contributed by atoms with Crippen LogP contribution in [0.15, 0.2) is 41.1 Å². The number of aromatic nitrogens is 3. The molecule has 0 unspecified atom stereocenters. The number of hydrogen-bond donors (Lipinski definition) is 1. The summed E-state index contributed by atoms with van der Waals surface area (Å²) >= 11 is 1.58. The minimum atomic E-state index is -0.132. The highest BCUT2D eigenvalue weighted by atomic mass is 32.2. The normalized spacial score (nSPS) is 24.4. The molecule has 0 saturated carbocycles. The highest BCUT2D eigenvalue weighted by molar-refractivity contribution is 7.99. The van der Waals surface area contributed by atoms with Crippen molar-refractivity contribution in [1.82, 2.24) is 15.2 Å². The van der Waals surface area contributed by atoms with Crippen LogP contribution in [0, 0.1) is 11.8 Å². The Balaban J connectivity index is 1.75. The highest BCUT2D eigenvalue weighted by Gasteiger charge is 2.34. The summed E-state index contributed by atoms with van der Waals surface area (Å²) in [6, 6.07) is 8.16. The molecule has 0 fully saturated rings. The Morgan fingerprint density at radius 2 is 2.12 bits per heavy atom. The average Bonchev–Trinajstić information content (AvgIpc) is 2.78. The second-order valence-electron chi connectivity index (χ2n) is 7.04. The molecule has 1 aliphatic heterocycles. The molecule has 1 aromatic heterocycles. The molecule has 1 N–H and O–H groups in total. The van der Waals surface area contributed by atoms with E-state index in [2.05, 4.69) is 53.4 Å². The summed E-state index contributed by atoms with van der Waals surface area (Å²) in [6.45, 7) is 6.60. The molecule has 0 amide bonds. The molecule has 4 rings (SSSR count). The van der Waals surface area contributed by atoms with Gasteiger partial charge < -0.3 is 10.1 Å². The Hall–Kier alpha value is -2.08. The van der Waals surface area contributed by atoms with Crippen molar-refractivity contribution in [2.45, 2.75) is 45.0 Å². The fourth-order valence-electron chi connectivity index (χ4n) is 3.79. The zero-order chi connectivity index (χ0) is 18.1. The molecule has 26 heavy (non-hydrogen) atoms. The molecular formula is C20H24N4OS. The first-order chi connectivity index (χ1) is 12.7. The quantitative estimate of drug-likeness (QED) is 0.622. The largest absolute Gasteiger partial charge is 0.452 e. The van der Waals surface area contributed by atoms with Crippen molar-refractivity contribution < 1.29 is 4.74 Å². The molecular weight excluding hydrogens is 344 g/mol. The van der Waals surface area contributed by atoms with Gasteiger partial charge >= 0.3 is 0 Å². The van der Waals surface area contributed by atoms with Gasteiger partial charge in [-0.2, -0.15) is 4.98 Å². The second kappa shape index (κ2) is 7.27. The lowest BCUT2D eigenvalue weighted by Crippen LogP contribution is -2.39. The molecule has 1 aromatic carbocycles. The number of para-hydroxylation sites is 1. The van der Waals surface area contributed by atoms with Crippen molar-refractivity contribution in [3.8, 4) is 17.1 Å². The molecule has 0 bridgehead atoms. The van der Waals surface area contributed by atoms with E-state index in [1.807, 2.05) is 18.2 Å². The van der Waals surface area contributed by atoms with Gasteiger partial charge in [-0.25, -0.2) is 0 Å². The molecule has 0 radical (unpaired) electrons. The van der Waals surface area contributed by atoms with Gasteiger partial charge in [0.2, 0.25) is 11.0 Å². The van der Waals surface area contributed by atoms with Gasteiger partial charge in [-0.15, -0.1) is 10.2 Å². The van der Waals surface area contributed by atoms with Gasteiger partial charge in [-0.1, -0.05) is 55.5 Å². The van der Waals surface area contributed by atoms with Crippen molar-refractivity contribution in [3.05, 3.63) is 35.9 Å². The van der Waals surface area contributed by atoms with E-state index in [0.717, 1.165) is 29.8 Å². The Labute approximate surface area is 158 Å². The van der Waals surface area contributed by atoms with Crippen LogP contribution in [0.2, 0.25) is 0 Å². The van der Waals surface area contributed by atoms with Gasteiger partial charge in [0.15, 0.2) is 11.9 Å². The Kier molecular flexibility index (Phi) is 4.85. The number of benzene rings is 1. The molecule has 5 nitrogen and oxygen atoms in total. The predicted molar refractivity (Wildman–Crippen MR) is 105 cm³/mol. The van der Waals surface area contributed by atoms with E-state index >= 15 is 0 Å². The second-order valence-corrected chi connectivity index (χ2v) is 8.27. The summed E-state index contributed by atoms with van der Waals surface area (Å²) < 4.78 is 6.40. The molecule has 0 spiro atoms. The van der Waals surface area contributed by atoms with Crippen molar-refractivity contribution >= 4 is 17.4 Å². The van der Waals surface area contributed by atoms with E-state index < -0.39 is 0 Å². The van der Waals surface area contributed by atoms with E-state index in [4.69, 9.17) is 4.74 Å². The summed E-state index contributed by atoms with van der Waals surface area (Å²) in [5.41, 5.74) is 4.20. The van der Waals surface area contributed by atoms with Gasteiger partial charge in [0.25, 0.3) is 0 Å². The molecule has 2 aliphatic rings. The SMILES string of the molecule is CCSc1nnc2c(n1)O[C@@H]([C@@H]1CC=C(C)C[C@@H]1C)Nc1ccccc1-2. The number of anilines is 1. The zero-order valence-corrected chi connectivity index (χ0v) is 16.2. The maximum atomic E-state index is 6.40. The van der Waals surface area contributed by atoms with Crippen LogP contribution in [-0.4, -0.2) is 27.2 Å². The van der Waals surface area contributed by atoms with Crippen LogP contribution in [-0.2, 0) is 0 Å². The number of hydrogen-bond acceptors (Lipinski definition) is 6. The fourth-order valence-corrected chi connectivity index (χ4v) is 4.29. The lowest BCUT2D eigenvalue weighted by atomic mass is 9.80. The van der Waals surface area contributed by atoms with E-state index in [0.29, 0.717) is 28.6 Å². The summed E-state index contributed by atoms with van der Waals surface area (Å²) in [7, 11) is 0. The summed E-state index contributed by atoms with van der Waals surface area (Å²) in [6.07, 6.45) is 4.33. The third-order valence-electron chi connectivity index (χ3n) is 5.13. The van der Waals surface area contributed by atoms with Crippen molar-refractivity contribution in [2.75, 3.05) is 11.1 Å². The Morgan fingerprint density at radius 3 is 2.92 bits per heavy atom. The Morgan fingerprint density at radius 1 is 1.27 bits per heavy atom. The fraction of sp³-hybridized carbons (Fsp3) is 0.450. The van der Waals surface area contributed by atoms with Crippen LogP contribution in [0.1, 0.15) is 33.6 Å². The zero-order valence-electron chi connectivity index (χ0n) is 15.4. The minimum Gasteiger partial charge on any atom is -0.452 e. The van der Waals surface area contributed by atoms with Crippen LogP contribution >= 0.6 is 11.8 Å². The van der Waals surface area contributed by atoms with Gasteiger partial charge in [-0.3, -0.25) is 0 Å². The first-order valence-corrected chi connectivity index (χ1v) is 10.2. The van der Waals surface area contributed by atoms with Crippen LogP contribution in [0.3, 0.4) is 0 Å². The molecule has 6 heteroatoms. The highest BCUT2D eigenvalue weighted by Crippen LogP contribution is 2.40. The number of fused-ring (bicyclic) bond motifs is 3. The summed E-state index contributed by atoms with van der Waals surface area (Å²) in [5, 5.41) is 13.0. The lowest BCUT2D eigenvalue weighted by Gasteiger charge is -2.34. The number of ether oxygens (including phenoxy) is 1. The minimum absolute atomic E-state index is 0.132. The smallest absolute Gasteiger partial charge is 0.247 e. The van der Waals surface area contributed by atoms with Gasteiger partial charge in [-0.05, 0) is 37.5 Å². The third kappa shape index (κ3) is 3.30. The number of rotatable bonds is 3. The topological polar surface area (TPSA) is 59.9 Å². The predicted octanol–water partition coefficient (Wildman–Crippen LogP) is 4.77. The molecule has 2 aromatic rings. The van der Waals surface area contributed by atoms with E-state index in [1.54, 1.807) is 11.8 Å². The standard InChI is InChI=1S/C20H24N4OS/c1-4-26-20-22-19-17(23-24-20)15-7-5-6-8-16(15)21-18(25-19)14-10-9-12(2)11-13(14)3/h5-9,13-14,18,21H,4,10-11H2,1-3H3/t13-,14+,18-/m0/s1. The van der Waals surface area contributed by atoms with Gasteiger partial charge in [0, 0.05) is 17.2 Å². The first kappa shape index (κ1) is 17.3. The number of nitrogens with one attached hydrogen (secondary N) is 1. The van der Waals surface area contributed by atoms with Gasteiger partial charge in [0.1, 0.15) is 0 Å². The summed E-state index contributed by atoms with van der Waals surface area (Å²) in [5.74, 6) is 2.42.